The van der Waals surface area contributed by atoms with Crippen molar-refractivity contribution in [3.05, 3.63) is 29.3 Å². The molecule has 1 saturated heterocycles. The summed E-state index contributed by atoms with van der Waals surface area (Å²) in [5.41, 5.74) is 3.06. The largest absolute Gasteiger partial charge is 0.304 e. The molecule has 1 fully saturated rings. The van der Waals surface area contributed by atoms with E-state index >= 15 is 0 Å². The Labute approximate surface area is 120 Å². The van der Waals surface area contributed by atoms with Gasteiger partial charge in [0.1, 0.15) is 0 Å². The first kappa shape index (κ1) is 13.4. The van der Waals surface area contributed by atoms with E-state index in [9.17, 15) is 0 Å². The maximum atomic E-state index is 2.49. The molecule has 0 spiro atoms. The van der Waals surface area contributed by atoms with Gasteiger partial charge in [-0.2, -0.15) is 0 Å². The highest BCUT2D eigenvalue weighted by atomic mass is 32.2. The van der Waals surface area contributed by atoms with Crippen LogP contribution >= 0.6 is 11.9 Å². The van der Waals surface area contributed by atoms with Crippen molar-refractivity contribution in [3.8, 4) is 0 Å². The minimum Gasteiger partial charge on any atom is -0.304 e. The Morgan fingerprint density at radius 2 is 1.68 bits per heavy atom. The summed E-state index contributed by atoms with van der Waals surface area (Å²) in [5, 5.41) is 0. The van der Waals surface area contributed by atoms with Gasteiger partial charge in [-0.15, -0.1) is 0 Å². The molecule has 2 heterocycles. The normalized spacial score (nSPS) is 22.4. The molecule has 0 saturated carbocycles. The van der Waals surface area contributed by atoms with Gasteiger partial charge in [0.2, 0.25) is 0 Å². The van der Waals surface area contributed by atoms with E-state index < -0.39 is 0 Å². The summed E-state index contributed by atoms with van der Waals surface area (Å²) < 4.78 is 2.49. The van der Waals surface area contributed by atoms with E-state index in [0.717, 1.165) is 19.6 Å². The van der Waals surface area contributed by atoms with E-state index in [4.69, 9.17) is 0 Å². The molecule has 19 heavy (non-hydrogen) atoms. The molecule has 3 nitrogen and oxygen atoms in total. The second-order valence-electron chi connectivity index (χ2n) is 5.74. The highest BCUT2D eigenvalue weighted by molar-refractivity contribution is 7.97. The lowest BCUT2D eigenvalue weighted by Gasteiger charge is -2.31. The lowest BCUT2D eigenvalue weighted by Crippen LogP contribution is -2.41. The standard InChI is InChI=1S/C15H23N3S/c1-16-7-9-18(10-8-16)19-15-4-3-13-5-6-17(2)12-14(13)11-15/h3-4,11H,5-10,12H2,1-2H3. The van der Waals surface area contributed by atoms with Gasteiger partial charge in [-0.05, 0) is 55.7 Å². The first-order valence-corrected chi connectivity index (χ1v) is 7.90. The second-order valence-corrected chi connectivity index (χ2v) is 6.91. The fourth-order valence-corrected chi connectivity index (χ4v) is 3.73. The van der Waals surface area contributed by atoms with Crippen LogP contribution in [0.15, 0.2) is 23.1 Å². The van der Waals surface area contributed by atoms with Crippen molar-refractivity contribution in [1.82, 2.24) is 14.1 Å². The van der Waals surface area contributed by atoms with Gasteiger partial charge in [0, 0.05) is 44.2 Å². The molecule has 2 aliphatic rings. The van der Waals surface area contributed by atoms with E-state index in [2.05, 4.69) is 46.4 Å². The molecular weight excluding hydrogens is 254 g/mol. The van der Waals surface area contributed by atoms with Crippen LogP contribution in [0.4, 0.5) is 0 Å². The summed E-state index contributed by atoms with van der Waals surface area (Å²) in [6, 6.07) is 7.03. The quantitative estimate of drug-likeness (QED) is 0.764. The van der Waals surface area contributed by atoms with Crippen molar-refractivity contribution in [1.29, 1.82) is 0 Å². The van der Waals surface area contributed by atoms with Gasteiger partial charge >= 0.3 is 0 Å². The van der Waals surface area contributed by atoms with Crippen molar-refractivity contribution >= 4 is 11.9 Å². The van der Waals surface area contributed by atoms with Crippen molar-refractivity contribution in [3.63, 3.8) is 0 Å². The summed E-state index contributed by atoms with van der Waals surface area (Å²) in [6.07, 6.45) is 1.20. The molecule has 0 amide bonds. The van der Waals surface area contributed by atoms with Crippen LogP contribution in [0.25, 0.3) is 0 Å². The number of piperazine rings is 1. The Kier molecular flexibility index (Phi) is 4.12. The lowest BCUT2D eigenvalue weighted by atomic mass is 10.0. The molecule has 0 N–H and O–H groups in total. The van der Waals surface area contributed by atoms with E-state index in [1.54, 1.807) is 5.56 Å². The Bertz CT molecular complexity index is 441. The van der Waals surface area contributed by atoms with Crippen LogP contribution in [0.2, 0.25) is 0 Å². The third-order valence-electron chi connectivity index (χ3n) is 4.08. The number of nitrogens with zero attached hydrogens (tertiary/aromatic N) is 3. The SMILES string of the molecule is CN1CCN(Sc2ccc3c(c2)CN(C)CC3)CC1. The topological polar surface area (TPSA) is 9.72 Å². The zero-order chi connectivity index (χ0) is 13.2. The molecule has 4 heteroatoms. The number of hydrogen-bond acceptors (Lipinski definition) is 4. The number of benzene rings is 1. The summed E-state index contributed by atoms with van der Waals surface area (Å²) in [7, 11) is 4.42. The lowest BCUT2D eigenvalue weighted by molar-refractivity contribution is 0.233. The summed E-state index contributed by atoms with van der Waals surface area (Å²) in [4.78, 5) is 6.21. The van der Waals surface area contributed by atoms with Crippen molar-refractivity contribution in [2.24, 2.45) is 0 Å². The average Bonchev–Trinajstić information content (AvgIpc) is 2.41. The molecule has 1 aromatic carbocycles. The van der Waals surface area contributed by atoms with Gasteiger partial charge in [0.15, 0.2) is 0 Å². The summed E-state index contributed by atoms with van der Waals surface area (Å²) in [6.45, 7) is 6.99. The van der Waals surface area contributed by atoms with Gasteiger partial charge in [-0.1, -0.05) is 6.07 Å². The first-order valence-electron chi connectivity index (χ1n) is 7.12. The monoisotopic (exact) mass is 277 g/mol. The van der Waals surface area contributed by atoms with Crippen LogP contribution in [0, 0.1) is 0 Å². The van der Waals surface area contributed by atoms with Gasteiger partial charge in [-0.25, -0.2) is 4.31 Å². The number of likely N-dealkylation sites (N-methyl/N-ethyl adjacent to an activating group) is 2. The Hall–Kier alpha value is -0.550. The van der Waals surface area contributed by atoms with Crippen LogP contribution < -0.4 is 0 Å². The van der Waals surface area contributed by atoms with Crippen molar-refractivity contribution in [2.45, 2.75) is 17.9 Å². The van der Waals surface area contributed by atoms with E-state index in [0.29, 0.717) is 0 Å². The number of hydrogen-bond donors (Lipinski definition) is 0. The zero-order valence-corrected chi connectivity index (χ0v) is 12.7. The molecule has 0 unspecified atom stereocenters. The number of fused-ring (bicyclic) bond motifs is 1. The third kappa shape index (κ3) is 3.31. The maximum absolute atomic E-state index is 2.49. The van der Waals surface area contributed by atoms with Crippen LogP contribution in [-0.2, 0) is 13.0 Å². The average molecular weight is 277 g/mol. The third-order valence-corrected chi connectivity index (χ3v) is 5.17. The van der Waals surface area contributed by atoms with E-state index in [1.807, 2.05) is 11.9 Å². The van der Waals surface area contributed by atoms with Crippen molar-refractivity contribution < 1.29 is 0 Å². The van der Waals surface area contributed by atoms with E-state index in [-0.39, 0.29) is 0 Å². The molecule has 2 aliphatic heterocycles. The minimum absolute atomic E-state index is 1.10. The van der Waals surface area contributed by atoms with Gasteiger partial charge in [0.25, 0.3) is 0 Å². The Morgan fingerprint density at radius 3 is 2.47 bits per heavy atom. The smallest absolute Gasteiger partial charge is 0.0233 e. The predicted octanol–water partition coefficient (Wildman–Crippen LogP) is 1.93. The maximum Gasteiger partial charge on any atom is 0.0233 e. The summed E-state index contributed by atoms with van der Waals surface area (Å²) >= 11 is 1.93. The molecule has 104 valence electrons. The zero-order valence-electron chi connectivity index (χ0n) is 11.9. The molecule has 0 atom stereocenters. The van der Waals surface area contributed by atoms with E-state index in [1.165, 1.54) is 36.5 Å². The van der Waals surface area contributed by atoms with Crippen LogP contribution in [-0.4, -0.2) is 60.9 Å². The molecule has 0 aromatic heterocycles. The second kappa shape index (κ2) is 5.83. The first-order chi connectivity index (χ1) is 9.20. The van der Waals surface area contributed by atoms with Crippen molar-refractivity contribution in [2.75, 3.05) is 46.8 Å². The van der Waals surface area contributed by atoms with Gasteiger partial charge in [0.05, 0.1) is 0 Å². The van der Waals surface area contributed by atoms with Gasteiger partial charge < -0.3 is 9.80 Å². The van der Waals surface area contributed by atoms with Crippen LogP contribution in [0.3, 0.4) is 0 Å². The molecular formula is C15H23N3S. The highest BCUT2D eigenvalue weighted by Crippen LogP contribution is 2.28. The fraction of sp³-hybridized carbons (Fsp3) is 0.600. The molecule has 1 aromatic rings. The molecule has 3 rings (SSSR count). The minimum atomic E-state index is 1.10. The Balaban J connectivity index is 1.67. The van der Waals surface area contributed by atoms with Crippen LogP contribution in [0.5, 0.6) is 0 Å². The van der Waals surface area contributed by atoms with Crippen LogP contribution in [0.1, 0.15) is 11.1 Å². The molecule has 0 radical (unpaired) electrons. The molecule has 0 aliphatic carbocycles. The highest BCUT2D eigenvalue weighted by Gasteiger charge is 2.17. The fourth-order valence-electron chi connectivity index (χ4n) is 2.76. The van der Waals surface area contributed by atoms with Gasteiger partial charge in [-0.3, -0.25) is 0 Å². The Morgan fingerprint density at radius 1 is 0.895 bits per heavy atom. The molecule has 0 bridgehead atoms. The predicted molar refractivity (Wildman–Crippen MR) is 81.4 cm³/mol. The number of rotatable bonds is 2. The summed E-state index contributed by atoms with van der Waals surface area (Å²) in [5.74, 6) is 0.